The van der Waals surface area contributed by atoms with E-state index >= 15 is 0 Å². The van der Waals surface area contributed by atoms with Gasteiger partial charge in [0.1, 0.15) is 0 Å². The van der Waals surface area contributed by atoms with Crippen molar-refractivity contribution < 1.29 is 108 Å². The Morgan fingerprint density at radius 2 is 0.737 bits per heavy atom. The van der Waals surface area contributed by atoms with Crippen LogP contribution in [0, 0.1) is 0 Å². The third-order valence-corrected chi connectivity index (χ3v) is 17.7. The Balaban J connectivity index is -0.00000128. The summed E-state index contributed by atoms with van der Waals surface area (Å²) in [5, 5.41) is 0. The second-order valence-corrected chi connectivity index (χ2v) is 17.0. The number of hydrogen-bond acceptors (Lipinski definition) is 13. The summed E-state index contributed by atoms with van der Waals surface area (Å²) in [6.07, 6.45) is 0. The van der Waals surface area contributed by atoms with Crippen molar-refractivity contribution in [3.05, 3.63) is 0 Å². The predicted octanol–water partition coefficient (Wildman–Crippen LogP) is -1.96. The third-order valence-electron chi connectivity index (χ3n) is 0.505. The molecule has 0 fully saturated rings. The van der Waals surface area contributed by atoms with E-state index in [0.29, 0.717) is 0 Å². The topological polar surface area (TPSA) is 275 Å². The molecule has 0 aliphatic heterocycles. The zero-order chi connectivity index (χ0) is 14.1. The third kappa shape index (κ3) is 15.1. The first-order valence-electron chi connectivity index (χ1n) is 2.70. The van der Waals surface area contributed by atoms with Crippen LogP contribution in [0.4, 0.5) is 0 Å². The molecule has 120 valence electrons. The average molecular weight is 628 g/mol. The van der Waals surface area contributed by atoms with E-state index in [1.54, 1.807) is 0 Å². The summed E-state index contributed by atoms with van der Waals surface area (Å²) in [6, 6.07) is 0. The van der Waals surface area contributed by atoms with E-state index in [1.807, 2.05) is 0 Å². The van der Waals surface area contributed by atoms with Crippen LogP contribution in [0.2, 0.25) is 0 Å². The standard InChI is InChI=1S/4Mo.2H3N.2H2O.11O/h;;;;2*1H3;2*1H2;;;;;;;;;;;/q;;2*+1;;;;;;;;;;;;;;;/p-2. The molecule has 8 N–H and O–H groups in total. The van der Waals surface area contributed by atoms with Crippen molar-refractivity contribution in [3.63, 3.8) is 0 Å². The number of hydrogen-bond donors (Lipinski definition) is 4. The Morgan fingerprint density at radius 3 is 0.895 bits per heavy atom. The number of rotatable bonds is 6. The molecule has 0 bridgehead atoms. The first kappa shape index (κ1) is 24.9. The van der Waals surface area contributed by atoms with Gasteiger partial charge in [0.15, 0.2) is 0 Å². The molecule has 0 aromatic rings. The summed E-state index contributed by atoms with van der Waals surface area (Å²) in [5.41, 5.74) is 0. The van der Waals surface area contributed by atoms with Gasteiger partial charge in [0.05, 0.1) is 0 Å². The van der Waals surface area contributed by atoms with Gasteiger partial charge in [-0.25, -0.2) is 0 Å². The fraction of sp³-hybridized carbons (Fsp3) is 0. The van der Waals surface area contributed by atoms with Gasteiger partial charge in [-0.2, -0.15) is 0 Å². The SMILES string of the molecule is N.N.[O]=[Mo](=[O])([OH])[O][Mo](=[O])(=[O])[O][Mo](=[O])(=[O])[O][Mo](=[O])(=[O])[OH]. The van der Waals surface area contributed by atoms with Crippen LogP contribution in [0.5, 0.6) is 0 Å². The molecule has 0 aliphatic rings. The van der Waals surface area contributed by atoms with Crippen molar-refractivity contribution >= 4 is 0 Å². The minimum absolute atomic E-state index is 0. The van der Waals surface area contributed by atoms with Gasteiger partial charge in [-0.3, -0.25) is 0 Å². The molecule has 0 radical (unpaired) electrons. The fourth-order valence-corrected chi connectivity index (χ4v) is 15.6. The second kappa shape index (κ2) is 7.76. The summed E-state index contributed by atoms with van der Waals surface area (Å²) < 4.78 is 108. The molecule has 15 nitrogen and oxygen atoms in total. The maximum absolute atomic E-state index is 10.6. The van der Waals surface area contributed by atoms with E-state index in [2.05, 4.69) is 6.13 Å². The summed E-state index contributed by atoms with van der Waals surface area (Å²) >= 11 is -27.2. The second-order valence-electron chi connectivity index (χ2n) is 1.88. The van der Waals surface area contributed by atoms with Crippen LogP contribution < -0.4 is 12.3 Å². The molecular weight excluding hydrogens is 620 g/mol. The van der Waals surface area contributed by atoms with Gasteiger partial charge in [0.25, 0.3) is 0 Å². The summed E-state index contributed by atoms with van der Waals surface area (Å²) in [7, 11) is 0. The molecule has 0 aliphatic carbocycles. The average Bonchev–Trinajstić information content (AvgIpc) is 1.65. The van der Waals surface area contributed by atoms with Crippen molar-refractivity contribution in [1.82, 2.24) is 12.3 Å². The molecule has 0 amide bonds. The van der Waals surface area contributed by atoms with E-state index in [-0.39, 0.29) is 12.3 Å². The zero-order valence-corrected chi connectivity index (χ0v) is 16.5. The van der Waals surface area contributed by atoms with E-state index in [0.717, 1.165) is 0 Å². The quantitative estimate of drug-likeness (QED) is 0.233. The molecule has 0 aromatic heterocycles. The minimum atomic E-state index is -6.94. The van der Waals surface area contributed by atoms with Gasteiger partial charge < -0.3 is 12.3 Å². The van der Waals surface area contributed by atoms with Gasteiger partial charge in [0, 0.05) is 0 Å². The van der Waals surface area contributed by atoms with Crippen LogP contribution in [0.3, 0.4) is 0 Å². The molecule has 0 saturated heterocycles. The van der Waals surface area contributed by atoms with Crippen molar-refractivity contribution in [1.29, 1.82) is 0 Å². The van der Waals surface area contributed by atoms with Crippen LogP contribution in [-0.2, 0) is 100 Å². The van der Waals surface area contributed by atoms with Crippen molar-refractivity contribution in [2.75, 3.05) is 0 Å². The molecule has 19 heteroatoms. The molecule has 0 spiro atoms. The van der Waals surface area contributed by atoms with E-state index in [4.69, 9.17) is 7.52 Å². The molecule has 0 unspecified atom stereocenters. The summed E-state index contributed by atoms with van der Waals surface area (Å²) in [6.45, 7) is 0. The predicted molar refractivity (Wildman–Crippen MR) is 23.2 cm³/mol. The molecular formula is H8Mo4N2O13. The Labute approximate surface area is 119 Å². The van der Waals surface area contributed by atoms with Gasteiger partial charge in [-0.05, 0) is 0 Å². The van der Waals surface area contributed by atoms with Gasteiger partial charge >= 0.3 is 108 Å². The van der Waals surface area contributed by atoms with Crippen LogP contribution in [-0.4, -0.2) is 7.52 Å². The van der Waals surface area contributed by atoms with Crippen LogP contribution in [0.25, 0.3) is 0 Å². The normalized spacial score (nSPS) is 13.2. The first-order valence-corrected chi connectivity index (χ1v) is 16.0. The molecule has 0 rings (SSSR count). The van der Waals surface area contributed by atoms with Crippen molar-refractivity contribution in [3.8, 4) is 0 Å². The Morgan fingerprint density at radius 1 is 0.526 bits per heavy atom. The fourth-order valence-electron chi connectivity index (χ4n) is 0.335. The molecule has 0 saturated carbocycles. The van der Waals surface area contributed by atoms with Crippen LogP contribution in [0.1, 0.15) is 0 Å². The Hall–Kier alpha value is 0.873. The van der Waals surface area contributed by atoms with E-state index in [9.17, 15) is 27.2 Å². The van der Waals surface area contributed by atoms with Gasteiger partial charge in [-0.1, -0.05) is 0 Å². The molecule has 0 heterocycles. The van der Waals surface area contributed by atoms with Crippen LogP contribution >= 0.6 is 0 Å². The summed E-state index contributed by atoms with van der Waals surface area (Å²) in [4.78, 5) is 0. The van der Waals surface area contributed by atoms with E-state index in [1.165, 1.54) is 0 Å². The van der Waals surface area contributed by atoms with Gasteiger partial charge in [-0.15, -0.1) is 0 Å². The maximum atomic E-state index is 10.6. The molecule has 0 aromatic carbocycles. The Bertz CT molecular complexity index is 610. The summed E-state index contributed by atoms with van der Waals surface area (Å²) in [5.74, 6) is 0. The molecule has 19 heavy (non-hydrogen) atoms. The van der Waals surface area contributed by atoms with E-state index < -0.39 is 67.0 Å². The Kier molecular flexibility index (Phi) is 10.2. The first-order chi connectivity index (χ1) is 7.12. The monoisotopic (exact) mass is 636 g/mol. The van der Waals surface area contributed by atoms with Gasteiger partial charge in [0.2, 0.25) is 0 Å². The van der Waals surface area contributed by atoms with Crippen molar-refractivity contribution in [2.45, 2.75) is 0 Å². The van der Waals surface area contributed by atoms with Crippen molar-refractivity contribution in [2.24, 2.45) is 0 Å². The zero-order valence-electron chi connectivity index (χ0n) is 8.43. The molecule has 0 atom stereocenters. The van der Waals surface area contributed by atoms with Crippen LogP contribution in [0.15, 0.2) is 0 Å².